The lowest BCUT2D eigenvalue weighted by Gasteiger charge is -2.27. The number of benzene rings is 1. The van der Waals surface area contributed by atoms with Gasteiger partial charge in [-0.05, 0) is 85.3 Å². The van der Waals surface area contributed by atoms with Crippen molar-refractivity contribution in [3.05, 3.63) is 47.5 Å². The van der Waals surface area contributed by atoms with Gasteiger partial charge in [-0.2, -0.15) is 11.8 Å². The highest BCUT2D eigenvalue weighted by molar-refractivity contribution is 7.99. The summed E-state index contributed by atoms with van der Waals surface area (Å²) in [4.78, 5) is 24.0. The fourth-order valence-corrected chi connectivity index (χ4v) is 7.92. The van der Waals surface area contributed by atoms with Crippen molar-refractivity contribution in [3.8, 4) is 0 Å². The Morgan fingerprint density at radius 1 is 1.00 bits per heavy atom. The zero-order valence-electron chi connectivity index (χ0n) is 30.5. The van der Waals surface area contributed by atoms with Crippen molar-refractivity contribution in [2.75, 3.05) is 38.4 Å². The third-order valence-electron chi connectivity index (χ3n) is 9.62. The molecule has 49 heavy (non-hydrogen) atoms. The maximum atomic E-state index is 12.1. The number of carbonyl (C=O) groups is 2. The van der Waals surface area contributed by atoms with E-state index in [4.69, 9.17) is 23.7 Å². The van der Waals surface area contributed by atoms with Crippen LogP contribution in [0.2, 0.25) is 0 Å². The smallest absolute Gasteiger partial charge is 0.305 e. The molecule has 2 aliphatic rings. The van der Waals surface area contributed by atoms with Crippen LogP contribution in [-0.2, 0) is 46.3 Å². The molecule has 0 amide bonds. The summed E-state index contributed by atoms with van der Waals surface area (Å²) in [6, 6.07) is 8.48. The van der Waals surface area contributed by atoms with Gasteiger partial charge in [0.1, 0.15) is 13.2 Å². The normalized spacial score (nSPS) is 23.1. The summed E-state index contributed by atoms with van der Waals surface area (Å²) >= 11 is 1.82. The second-order valence-electron chi connectivity index (χ2n) is 13.8. The second kappa shape index (κ2) is 25.1. The first kappa shape index (κ1) is 41.5. The van der Waals surface area contributed by atoms with Crippen molar-refractivity contribution in [1.82, 2.24) is 0 Å². The number of aliphatic hydroxyl groups is 1. The molecule has 1 aromatic carbocycles. The molecule has 0 radical (unpaired) electrons. The zero-order chi connectivity index (χ0) is 35.1. The van der Waals surface area contributed by atoms with Gasteiger partial charge in [0.25, 0.3) is 0 Å². The van der Waals surface area contributed by atoms with E-state index in [1.807, 2.05) is 11.8 Å². The summed E-state index contributed by atoms with van der Waals surface area (Å²) in [5.41, 5.74) is 2.36. The first-order valence-electron chi connectivity index (χ1n) is 19.0. The average molecular weight is 705 g/mol. The molecule has 8 nitrogen and oxygen atoms in total. The highest BCUT2D eigenvalue weighted by Crippen LogP contribution is 2.41. The molecule has 1 aliphatic carbocycles. The molecular weight excluding hydrogens is 640 g/mol. The Morgan fingerprint density at radius 3 is 2.47 bits per heavy atom. The maximum absolute atomic E-state index is 12.1. The summed E-state index contributed by atoms with van der Waals surface area (Å²) < 4.78 is 28.2. The van der Waals surface area contributed by atoms with Crippen molar-refractivity contribution in [1.29, 1.82) is 0 Å². The topological polar surface area (TPSA) is 101 Å². The fraction of sp³-hybridized carbons (Fsp3) is 0.750. The van der Waals surface area contributed by atoms with Gasteiger partial charge in [0.05, 0.1) is 18.8 Å². The summed E-state index contributed by atoms with van der Waals surface area (Å²) in [5.74, 6) is 2.20. The van der Waals surface area contributed by atoms with E-state index in [2.05, 4.69) is 50.3 Å². The molecule has 1 heterocycles. The van der Waals surface area contributed by atoms with Gasteiger partial charge in [0.15, 0.2) is 6.29 Å². The molecule has 1 aliphatic heterocycles. The van der Waals surface area contributed by atoms with Crippen LogP contribution in [0, 0.1) is 17.8 Å². The van der Waals surface area contributed by atoms with Crippen LogP contribution in [0.5, 0.6) is 0 Å². The number of ether oxygens (including phenoxy) is 5. The predicted octanol–water partition coefficient (Wildman–Crippen LogP) is 8.22. The molecule has 3 rings (SSSR count). The molecule has 1 N–H and O–H groups in total. The van der Waals surface area contributed by atoms with Gasteiger partial charge < -0.3 is 28.8 Å². The zero-order valence-corrected chi connectivity index (χ0v) is 31.3. The minimum absolute atomic E-state index is 0.112. The van der Waals surface area contributed by atoms with Gasteiger partial charge in [-0.25, -0.2) is 0 Å². The molecular formula is C40H64O8S. The summed E-state index contributed by atoms with van der Waals surface area (Å²) in [5, 5.41) is 11.0. The van der Waals surface area contributed by atoms with Gasteiger partial charge in [-0.15, -0.1) is 0 Å². The maximum Gasteiger partial charge on any atom is 0.305 e. The number of rotatable bonds is 25. The van der Waals surface area contributed by atoms with Crippen LogP contribution in [0.15, 0.2) is 36.4 Å². The minimum Gasteiger partial charge on any atom is -0.462 e. The Morgan fingerprint density at radius 2 is 1.73 bits per heavy atom. The first-order chi connectivity index (χ1) is 23.9. The van der Waals surface area contributed by atoms with E-state index >= 15 is 0 Å². The Hall–Kier alpha value is -1.91. The van der Waals surface area contributed by atoms with Crippen LogP contribution in [0.1, 0.15) is 115 Å². The highest BCUT2D eigenvalue weighted by Gasteiger charge is 2.38. The average Bonchev–Trinajstić information content (AvgIpc) is 3.36. The SMILES string of the molecule is CCCCCCCCC(=O)OCCOC(=O)CCCSCC[C@@H]1[C@@H](/C=C/[C@H](Cc2cccc(COC)c2)OC2CCCCO2)[C@H](C)C[C@@H]1O. The Labute approximate surface area is 300 Å². The number of methoxy groups -OCH3 is 1. The molecule has 0 spiro atoms. The quantitative estimate of drug-likeness (QED) is 0.0613. The third kappa shape index (κ3) is 17.2. The lowest BCUT2D eigenvalue weighted by atomic mass is 9.87. The summed E-state index contributed by atoms with van der Waals surface area (Å²) in [7, 11) is 1.71. The Kier molecular flexibility index (Phi) is 21.3. The standard InChI is InChI=1S/C40H64O8S/c1-4-5-6-7-8-9-16-38(42)45-23-24-46-39(43)17-13-25-49-26-21-36-35(31(2)27-37(36)41)20-19-34(48-40-18-10-11-22-47-40)29-32-14-12-15-33(28-32)30-44-3/h12,14-15,19-20,28,31,34-37,40-41H,4-11,13,16-18,21-27,29-30H2,1-3H3/b20-19+/t31-,34-,35+,36-,37+,40?/m1/s1. The van der Waals surface area contributed by atoms with Crippen molar-refractivity contribution in [2.45, 2.75) is 135 Å². The van der Waals surface area contributed by atoms with Crippen LogP contribution in [0.3, 0.4) is 0 Å². The highest BCUT2D eigenvalue weighted by atomic mass is 32.2. The van der Waals surface area contributed by atoms with E-state index < -0.39 is 0 Å². The lowest BCUT2D eigenvalue weighted by Crippen LogP contribution is -2.28. The van der Waals surface area contributed by atoms with Crippen molar-refractivity contribution >= 4 is 23.7 Å². The molecule has 1 saturated heterocycles. The van der Waals surface area contributed by atoms with E-state index in [-0.39, 0.29) is 55.5 Å². The summed E-state index contributed by atoms with van der Waals surface area (Å²) in [6.45, 7) is 5.99. The predicted molar refractivity (Wildman–Crippen MR) is 196 cm³/mol. The third-order valence-corrected chi connectivity index (χ3v) is 10.7. The van der Waals surface area contributed by atoms with Gasteiger partial charge in [0, 0.05) is 33.0 Å². The number of aliphatic hydroxyl groups excluding tert-OH is 1. The minimum atomic E-state index is -0.313. The molecule has 6 atom stereocenters. The molecule has 1 saturated carbocycles. The van der Waals surface area contributed by atoms with Crippen molar-refractivity contribution < 1.29 is 38.4 Å². The number of hydrogen-bond acceptors (Lipinski definition) is 9. The van der Waals surface area contributed by atoms with Crippen molar-refractivity contribution in [3.63, 3.8) is 0 Å². The van der Waals surface area contributed by atoms with Crippen LogP contribution < -0.4 is 0 Å². The van der Waals surface area contributed by atoms with Crippen LogP contribution in [-0.4, -0.2) is 74.0 Å². The van der Waals surface area contributed by atoms with Gasteiger partial charge in [-0.1, -0.05) is 82.4 Å². The van der Waals surface area contributed by atoms with Crippen molar-refractivity contribution in [2.24, 2.45) is 17.8 Å². The number of hydrogen-bond donors (Lipinski definition) is 1. The van der Waals surface area contributed by atoms with Gasteiger partial charge in [-0.3, -0.25) is 9.59 Å². The van der Waals surface area contributed by atoms with Crippen LogP contribution in [0.25, 0.3) is 0 Å². The van der Waals surface area contributed by atoms with Gasteiger partial charge >= 0.3 is 11.9 Å². The van der Waals surface area contributed by atoms with E-state index in [9.17, 15) is 14.7 Å². The van der Waals surface area contributed by atoms with E-state index in [0.717, 1.165) is 87.9 Å². The number of allylic oxidation sites excluding steroid dienone is 1. The first-order valence-corrected chi connectivity index (χ1v) is 20.1. The van der Waals surface area contributed by atoms with E-state index in [0.29, 0.717) is 25.4 Å². The molecule has 278 valence electrons. The number of unbranched alkanes of at least 4 members (excludes halogenated alkanes) is 5. The summed E-state index contributed by atoms with van der Waals surface area (Å²) in [6.07, 6.45) is 17.8. The molecule has 1 aromatic rings. The fourth-order valence-electron chi connectivity index (χ4n) is 6.93. The van der Waals surface area contributed by atoms with Crippen LogP contribution in [0.4, 0.5) is 0 Å². The Balaban J connectivity index is 1.36. The molecule has 2 fully saturated rings. The molecule has 0 aromatic heterocycles. The van der Waals surface area contributed by atoms with Gasteiger partial charge in [0.2, 0.25) is 0 Å². The lowest BCUT2D eigenvalue weighted by molar-refractivity contribution is -0.178. The molecule has 1 unspecified atom stereocenters. The van der Waals surface area contributed by atoms with Crippen LogP contribution >= 0.6 is 11.8 Å². The van der Waals surface area contributed by atoms with E-state index in [1.165, 1.54) is 24.8 Å². The number of thioether (sulfide) groups is 1. The number of esters is 2. The molecule has 9 heteroatoms. The molecule has 0 bridgehead atoms. The largest absolute Gasteiger partial charge is 0.462 e. The number of carbonyl (C=O) groups excluding carboxylic acids is 2. The monoisotopic (exact) mass is 704 g/mol. The Bertz CT molecular complexity index is 1070. The van der Waals surface area contributed by atoms with E-state index in [1.54, 1.807) is 7.11 Å². The second-order valence-corrected chi connectivity index (χ2v) is 15.0.